The molecule has 0 aromatic heterocycles. The Morgan fingerprint density at radius 2 is 2.11 bits per heavy atom. The van der Waals surface area contributed by atoms with Crippen LogP contribution in [-0.2, 0) is 15.3 Å². The van der Waals surface area contributed by atoms with E-state index in [0.717, 1.165) is 25.1 Å². The normalized spacial score (nSPS) is 18.0. The molecule has 1 aliphatic rings. The molecule has 0 unspecified atom stereocenters. The van der Waals surface area contributed by atoms with Gasteiger partial charge in [0.15, 0.2) is 0 Å². The maximum absolute atomic E-state index is 13.3. The Hall–Kier alpha value is -0.940. The van der Waals surface area contributed by atoms with E-state index in [1.165, 1.54) is 6.07 Å². The number of nitrogens with one attached hydrogen (secondary N) is 1. The molecule has 1 aromatic rings. The monoisotopic (exact) mass is 285 g/mol. The zero-order valence-corrected chi connectivity index (χ0v) is 12.0. The van der Waals surface area contributed by atoms with E-state index in [2.05, 4.69) is 5.32 Å². The highest BCUT2D eigenvalue weighted by atomic mass is 32.2. The molecule has 0 bridgehead atoms. The van der Waals surface area contributed by atoms with Crippen LogP contribution < -0.4 is 5.32 Å². The van der Waals surface area contributed by atoms with Crippen LogP contribution in [-0.4, -0.2) is 33.0 Å². The molecule has 1 aromatic carbocycles. The van der Waals surface area contributed by atoms with Crippen molar-refractivity contribution in [2.75, 3.05) is 24.6 Å². The molecule has 0 radical (unpaired) electrons. The smallest absolute Gasteiger partial charge is 0.150 e. The minimum atomic E-state index is -2.91. The maximum Gasteiger partial charge on any atom is 0.150 e. The summed E-state index contributed by atoms with van der Waals surface area (Å²) >= 11 is 0. The first kappa shape index (κ1) is 14.5. The van der Waals surface area contributed by atoms with E-state index < -0.39 is 9.84 Å². The van der Waals surface area contributed by atoms with Crippen LogP contribution in [0.5, 0.6) is 0 Å². The zero-order valence-electron chi connectivity index (χ0n) is 11.2. The maximum atomic E-state index is 13.3. The van der Waals surface area contributed by atoms with E-state index in [1.807, 2.05) is 6.07 Å². The molecule has 1 aliphatic heterocycles. The predicted molar refractivity (Wildman–Crippen MR) is 74.5 cm³/mol. The molecule has 0 atom stereocenters. The molecule has 0 amide bonds. The Kier molecular flexibility index (Phi) is 4.26. The van der Waals surface area contributed by atoms with E-state index in [9.17, 15) is 12.8 Å². The molecule has 0 spiro atoms. The zero-order chi connectivity index (χ0) is 13.9. The lowest BCUT2D eigenvalue weighted by molar-refractivity contribution is 0.255. The van der Waals surface area contributed by atoms with E-state index in [0.29, 0.717) is 6.42 Å². The summed E-state index contributed by atoms with van der Waals surface area (Å²) in [4.78, 5) is 0. The van der Waals surface area contributed by atoms with Crippen molar-refractivity contribution in [1.29, 1.82) is 0 Å². The van der Waals surface area contributed by atoms with Gasteiger partial charge >= 0.3 is 0 Å². The summed E-state index contributed by atoms with van der Waals surface area (Å²) in [5.41, 5.74) is 0.880. The number of benzene rings is 1. The minimum absolute atomic E-state index is 0.0919. The second-order valence-electron chi connectivity index (χ2n) is 5.23. The quantitative estimate of drug-likeness (QED) is 0.868. The van der Waals surface area contributed by atoms with Crippen molar-refractivity contribution < 1.29 is 12.8 Å². The van der Waals surface area contributed by atoms with Gasteiger partial charge in [0.1, 0.15) is 15.7 Å². The SMILES string of the molecule is CCS(=O)(=O)CCCC1(c2cccc(F)c2)CNC1. The number of hydrogen-bond donors (Lipinski definition) is 1. The first-order valence-corrected chi connectivity index (χ1v) is 8.47. The Morgan fingerprint density at radius 3 is 2.63 bits per heavy atom. The van der Waals surface area contributed by atoms with Gasteiger partial charge in [-0.2, -0.15) is 0 Å². The van der Waals surface area contributed by atoms with E-state index in [-0.39, 0.29) is 22.7 Å². The average Bonchev–Trinajstić information content (AvgIpc) is 2.32. The lowest BCUT2D eigenvalue weighted by atomic mass is 9.72. The molecule has 5 heteroatoms. The molecule has 2 rings (SSSR count). The van der Waals surface area contributed by atoms with Crippen LogP contribution in [0.3, 0.4) is 0 Å². The van der Waals surface area contributed by atoms with Crippen LogP contribution in [0, 0.1) is 5.82 Å². The van der Waals surface area contributed by atoms with Gasteiger partial charge in [0.2, 0.25) is 0 Å². The number of sulfone groups is 1. The molecule has 0 aliphatic carbocycles. The van der Waals surface area contributed by atoms with Crippen LogP contribution in [0.25, 0.3) is 0 Å². The van der Waals surface area contributed by atoms with Crippen molar-refractivity contribution >= 4 is 9.84 Å². The largest absolute Gasteiger partial charge is 0.315 e. The molecule has 3 nitrogen and oxygen atoms in total. The lowest BCUT2D eigenvalue weighted by Gasteiger charge is -2.43. The fourth-order valence-corrected chi connectivity index (χ4v) is 3.42. The van der Waals surface area contributed by atoms with Gasteiger partial charge in [-0.1, -0.05) is 19.1 Å². The van der Waals surface area contributed by atoms with E-state index in [1.54, 1.807) is 19.1 Å². The number of hydrogen-bond acceptors (Lipinski definition) is 3. The van der Waals surface area contributed by atoms with Crippen molar-refractivity contribution in [1.82, 2.24) is 5.32 Å². The van der Waals surface area contributed by atoms with Gasteiger partial charge in [-0.15, -0.1) is 0 Å². The highest BCUT2D eigenvalue weighted by molar-refractivity contribution is 7.91. The molecule has 106 valence electrons. The van der Waals surface area contributed by atoms with Gasteiger partial charge < -0.3 is 5.32 Å². The summed E-state index contributed by atoms with van der Waals surface area (Å²) in [7, 11) is -2.91. The fourth-order valence-electron chi connectivity index (χ4n) is 2.55. The second kappa shape index (κ2) is 5.59. The first-order valence-electron chi connectivity index (χ1n) is 6.65. The molecule has 1 saturated heterocycles. The van der Waals surface area contributed by atoms with E-state index >= 15 is 0 Å². The summed E-state index contributed by atoms with van der Waals surface area (Å²) in [5.74, 6) is 0.184. The lowest BCUT2D eigenvalue weighted by Crippen LogP contribution is -2.56. The molecule has 1 N–H and O–H groups in total. The summed E-state index contributed by atoms with van der Waals surface area (Å²) in [6.07, 6.45) is 1.41. The molecular weight excluding hydrogens is 265 g/mol. The highest BCUT2D eigenvalue weighted by Crippen LogP contribution is 2.33. The van der Waals surface area contributed by atoms with Crippen LogP contribution in [0.2, 0.25) is 0 Å². The van der Waals surface area contributed by atoms with Crippen molar-refractivity contribution in [2.24, 2.45) is 0 Å². The predicted octanol–water partition coefficient (Wildman–Crippen LogP) is 1.88. The number of halogens is 1. The molecule has 1 fully saturated rings. The second-order valence-corrected chi connectivity index (χ2v) is 7.71. The topological polar surface area (TPSA) is 46.2 Å². The summed E-state index contributed by atoms with van der Waals surface area (Å²) in [5, 5.41) is 3.21. The Balaban J connectivity index is 2.04. The molecular formula is C14H20FNO2S. The summed E-state index contributed by atoms with van der Waals surface area (Å²) in [6.45, 7) is 3.26. The Bertz CT molecular complexity index is 538. The van der Waals surface area contributed by atoms with E-state index in [4.69, 9.17) is 0 Å². The fraction of sp³-hybridized carbons (Fsp3) is 0.571. The van der Waals surface area contributed by atoms with Gasteiger partial charge in [-0.25, -0.2) is 12.8 Å². The van der Waals surface area contributed by atoms with Crippen molar-refractivity contribution in [3.05, 3.63) is 35.6 Å². The van der Waals surface area contributed by atoms with Gasteiger partial charge in [0.25, 0.3) is 0 Å². The third-order valence-electron chi connectivity index (χ3n) is 3.91. The average molecular weight is 285 g/mol. The van der Waals surface area contributed by atoms with Crippen molar-refractivity contribution in [2.45, 2.75) is 25.2 Å². The highest BCUT2D eigenvalue weighted by Gasteiger charge is 2.38. The van der Waals surface area contributed by atoms with Crippen LogP contribution >= 0.6 is 0 Å². The standard InChI is InChI=1S/C14H20FNO2S/c1-2-19(17,18)8-4-7-14(10-16-11-14)12-5-3-6-13(15)9-12/h3,5-6,9,16H,2,4,7-8,10-11H2,1H3. The third kappa shape index (κ3) is 3.34. The summed E-state index contributed by atoms with van der Waals surface area (Å²) in [6, 6.07) is 6.64. The van der Waals surface area contributed by atoms with Gasteiger partial charge in [-0.05, 0) is 30.5 Å². The van der Waals surface area contributed by atoms with Gasteiger partial charge in [-0.3, -0.25) is 0 Å². The van der Waals surface area contributed by atoms with Gasteiger partial charge in [0.05, 0.1) is 5.75 Å². The van der Waals surface area contributed by atoms with Crippen molar-refractivity contribution in [3.63, 3.8) is 0 Å². The molecule has 0 saturated carbocycles. The van der Waals surface area contributed by atoms with Gasteiger partial charge in [0, 0.05) is 24.3 Å². The minimum Gasteiger partial charge on any atom is -0.315 e. The summed E-state index contributed by atoms with van der Waals surface area (Å²) < 4.78 is 36.3. The van der Waals surface area contributed by atoms with Crippen LogP contribution in [0.4, 0.5) is 4.39 Å². The van der Waals surface area contributed by atoms with Crippen LogP contribution in [0.1, 0.15) is 25.3 Å². The first-order chi connectivity index (χ1) is 8.97. The van der Waals surface area contributed by atoms with Crippen LogP contribution in [0.15, 0.2) is 24.3 Å². The third-order valence-corrected chi connectivity index (χ3v) is 5.70. The number of rotatable bonds is 6. The Morgan fingerprint density at radius 1 is 1.37 bits per heavy atom. The molecule has 1 heterocycles. The Labute approximate surface area is 114 Å². The van der Waals surface area contributed by atoms with Crippen molar-refractivity contribution in [3.8, 4) is 0 Å². The molecule has 19 heavy (non-hydrogen) atoms.